The topological polar surface area (TPSA) is 50.4 Å². The number of halogens is 1. The van der Waals surface area contributed by atoms with Crippen molar-refractivity contribution in [2.45, 2.75) is 33.4 Å². The van der Waals surface area contributed by atoms with Crippen LogP contribution in [0.5, 0.6) is 5.75 Å². The Kier molecular flexibility index (Phi) is 6.67. The SMILES string of the molecule is CCOc1ccc(C)cc1C(C)NC(=O)NCc1ccc(Br)cc1. The van der Waals surface area contributed by atoms with Crippen LogP contribution in [0.25, 0.3) is 0 Å². The van der Waals surface area contributed by atoms with Gasteiger partial charge in [0.05, 0.1) is 12.6 Å². The number of urea groups is 1. The van der Waals surface area contributed by atoms with Crippen LogP contribution in [-0.2, 0) is 6.54 Å². The van der Waals surface area contributed by atoms with E-state index in [9.17, 15) is 4.79 Å². The molecule has 128 valence electrons. The molecule has 4 nitrogen and oxygen atoms in total. The van der Waals surface area contributed by atoms with Gasteiger partial charge in [-0.2, -0.15) is 0 Å². The van der Waals surface area contributed by atoms with Crippen molar-refractivity contribution in [3.63, 3.8) is 0 Å². The first kappa shape index (κ1) is 18.3. The molecule has 0 saturated carbocycles. The minimum atomic E-state index is -0.200. The van der Waals surface area contributed by atoms with Crippen LogP contribution in [0.2, 0.25) is 0 Å². The first-order valence-corrected chi connectivity index (χ1v) is 8.81. The zero-order valence-electron chi connectivity index (χ0n) is 14.2. The third kappa shape index (κ3) is 5.27. The van der Waals surface area contributed by atoms with Crippen LogP contribution < -0.4 is 15.4 Å². The van der Waals surface area contributed by atoms with Gasteiger partial charge >= 0.3 is 6.03 Å². The third-order valence-electron chi connectivity index (χ3n) is 3.65. The Balaban J connectivity index is 1.96. The summed E-state index contributed by atoms with van der Waals surface area (Å²) < 4.78 is 6.68. The Morgan fingerprint density at radius 2 is 1.92 bits per heavy atom. The lowest BCUT2D eigenvalue weighted by Gasteiger charge is -2.19. The van der Waals surface area contributed by atoms with Gasteiger partial charge in [-0.3, -0.25) is 0 Å². The minimum Gasteiger partial charge on any atom is -0.494 e. The summed E-state index contributed by atoms with van der Waals surface area (Å²) in [5.41, 5.74) is 3.17. The highest BCUT2D eigenvalue weighted by molar-refractivity contribution is 9.10. The van der Waals surface area contributed by atoms with Crippen molar-refractivity contribution in [2.24, 2.45) is 0 Å². The predicted molar refractivity (Wildman–Crippen MR) is 100 cm³/mol. The molecule has 24 heavy (non-hydrogen) atoms. The van der Waals surface area contributed by atoms with Crippen LogP contribution in [0, 0.1) is 6.92 Å². The van der Waals surface area contributed by atoms with E-state index in [0.29, 0.717) is 13.2 Å². The lowest BCUT2D eigenvalue weighted by atomic mass is 10.0. The zero-order chi connectivity index (χ0) is 17.5. The first-order valence-electron chi connectivity index (χ1n) is 8.01. The molecule has 0 fully saturated rings. The van der Waals surface area contributed by atoms with Gasteiger partial charge in [0.25, 0.3) is 0 Å². The van der Waals surface area contributed by atoms with Crippen LogP contribution in [-0.4, -0.2) is 12.6 Å². The average molecular weight is 391 g/mol. The molecule has 1 atom stereocenters. The highest BCUT2D eigenvalue weighted by atomic mass is 79.9. The highest BCUT2D eigenvalue weighted by Crippen LogP contribution is 2.26. The molecule has 0 saturated heterocycles. The summed E-state index contributed by atoms with van der Waals surface area (Å²) in [6.45, 7) is 7.01. The molecule has 5 heteroatoms. The van der Waals surface area contributed by atoms with E-state index in [1.165, 1.54) is 0 Å². The lowest BCUT2D eigenvalue weighted by Crippen LogP contribution is -2.36. The Bertz CT molecular complexity index is 686. The molecule has 0 heterocycles. The van der Waals surface area contributed by atoms with E-state index < -0.39 is 0 Å². The van der Waals surface area contributed by atoms with Crippen molar-refractivity contribution in [2.75, 3.05) is 6.61 Å². The molecule has 0 aliphatic heterocycles. The Morgan fingerprint density at radius 1 is 1.21 bits per heavy atom. The average Bonchev–Trinajstić information content (AvgIpc) is 2.56. The van der Waals surface area contributed by atoms with Gasteiger partial charge in [-0.15, -0.1) is 0 Å². The van der Waals surface area contributed by atoms with E-state index in [2.05, 4.69) is 26.6 Å². The number of amides is 2. The van der Waals surface area contributed by atoms with E-state index in [4.69, 9.17) is 4.74 Å². The summed E-state index contributed by atoms with van der Waals surface area (Å²) in [6.07, 6.45) is 0. The molecule has 2 rings (SSSR count). The van der Waals surface area contributed by atoms with Crippen molar-refractivity contribution >= 4 is 22.0 Å². The van der Waals surface area contributed by atoms with Gasteiger partial charge in [0.15, 0.2) is 0 Å². The van der Waals surface area contributed by atoms with Crippen molar-refractivity contribution in [1.82, 2.24) is 10.6 Å². The van der Waals surface area contributed by atoms with Gasteiger partial charge in [-0.25, -0.2) is 4.79 Å². The number of benzene rings is 2. The Labute approximate surface area is 151 Å². The molecular formula is C19H23BrN2O2. The van der Waals surface area contributed by atoms with Gasteiger partial charge in [-0.1, -0.05) is 45.8 Å². The Hall–Kier alpha value is -2.01. The van der Waals surface area contributed by atoms with Gasteiger partial charge in [0, 0.05) is 16.6 Å². The predicted octanol–water partition coefficient (Wildman–Crippen LogP) is 4.72. The number of carbonyl (C=O) groups is 1. The second kappa shape index (κ2) is 8.73. The molecular weight excluding hydrogens is 368 g/mol. The molecule has 2 amide bonds. The fourth-order valence-corrected chi connectivity index (χ4v) is 2.67. The van der Waals surface area contributed by atoms with Gasteiger partial charge in [0.2, 0.25) is 0 Å². The first-order chi connectivity index (χ1) is 11.5. The van der Waals surface area contributed by atoms with Gasteiger partial charge < -0.3 is 15.4 Å². The highest BCUT2D eigenvalue weighted by Gasteiger charge is 2.14. The summed E-state index contributed by atoms with van der Waals surface area (Å²) in [6, 6.07) is 13.5. The monoisotopic (exact) mass is 390 g/mol. The number of rotatable bonds is 6. The smallest absolute Gasteiger partial charge is 0.315 e. The van der Waals surface area contributed by atoms with Crippen molar-refractivity contribution in [1.29, 1.82) is 0 Å². The van der Waals surface area contributed by atoms with E-state index >= 15 is 0 Å². The van der Waals surface area contributed by atoms with Crippen molar-refractivity contribution < 1.29 is 9.53 Å². The fourth-order valence-electron chi connectivity index (χ4n) is 2.40. The van der Waals surface area contributed by atoms with Gasteiger partial charge in [0.1, 0.15) is 5.75 Å². The summed E-state index contributed by atoms with van der Waals surface area (Å²) in [5.74, 6) is 0.809. The van der Waals surface area contributed by atoms with E-state index in [1.807, 2.05) is 63.2 Å². The molecule has 2 N–H and O–H groups in total. The Morgan fingerprint density at radius 3 is 2.58 bits per heavy atom. The van der Waals surface area contributed by atoms with Crippen LogP contribution in [0.1, 0.15) is 36.6 Å². The second-order valence-electron chi connectivity index (χ2n) is 5.65. The van der Waals surface area contributed by atoms with Crippen LogP contribution in [0.15, 0.2) is 46.9 Å². The molecule has 0 bridgehead atoms. The molecule has 0 spiro atoms. The standard InChI is InChI=1S/C19H23BrN2O2/c1-4-24-18-10-5-13(2)11-17(18)14(3)22-19(23)21-12-15-6-8-16(20)9-7-15/h5-11,14H,4,12H2,1-3H3,(H2,21,22,23). The molecule has 0 aliphatic carbocycles. The minimum absolute atomic E-state index is 0.142. The van der Waals surface area contributed by atoms with Crippen molar-refractivity contribution in [3.05, 3.63) is 63.6 Å². The zero-order valence-corrected chi connectivity index (χ0v) is 15.8. The van der Waals surface area contributed by atoms with E-state index in [0.717, 1.165) is 26.9 Å². The summed E-state index contributed by atoms with van der Waals surface area (Å²) in [4.78, 5) is 12.1. The summed E-state index contributed by atoms with van der Waals surface area (Å²) >= 11 is 3.40. The summed E-state index contributed by atoms with van der Waals surface area (Å²) in [7, 11) is 0. The second-order valence-corrected chi connectivity index (χ2v) is 6.57. The van der Waals surface area contributed by atoms with Crippen LogP contribution in [0.3, 0.4) is 0 Å². The van der Waals surface area contributed by atoms with E-state index in [-0.39, 0.29) is 12.1 Å². The number of hydrogen-bond donors (Lipinski definition) is 2. The maximum absolute atomic E-state index is 12.1. The van der Waals surface area contributed by atoms with Crippen LogP contribution in [0.4, 0.5) is 4.79 Å². The number of hydrogen-bond acceptors (Lipinski definition) is 2. The van der Waals surface area contributed by atoms with Crippen molar-refractivity contribution in [3.8, 4) is 5.75 Å². The largest absolute Gasteiger partial charge is 0.494 e. The molecule has 0 aromatic heterocycles. The lowest BCUT2D eigenvalue weighted by molar-refractivity contribution is 0.237. The molecule has 1 unspecified atom stereocenters. The molecule has 0 aliphatic rings. The maximum Gasteiger partial charge on any atom is 0.315 e. The number of carbonyl (C=O) groups excluding carboxylic acids is 1. The summed E-state index contributed by atoms with van der Waals surface area (Å²) in [5, 5.41) is 5.84. The molecule has 2 aromatic rings. The fraction of sp³-hybridized carbons (Fsp3) is 0.316. The molecule has 2 aromatic carbocycles. The maximum atomic E-state index is 12.1. The van der Waals surface area contributed by atoms with Gasteiger partial charge in [-0.05, 0) is 44.5 Å². The third-order valence-corrected chi connectivity index (χ3v) is 4.17. The van der Waals surface area contributed by atoms with Crippen LogP contribution >= 0.6 is 15.9 Å². The number of nitrogens with one attached hydrogen (secondary N) is 2. The van der Waals surface area contributed by atoms with E-state index in [1.54, 1.807) is 0 Å². The number of ether oxygens (including phenoxy) is 1. The molecule has 0 radical (unpaired) electrons. The normalized spacial score (nSPS) is 11.7. The number of aryl methyl sites for hydroxylation is 1. The quantitative estimate of drug-likeness (QED) is 0.749.